The van der Waals surface area contributed by atoms with Crippen molar-refractivity contribution in [3.63, 3.8) is 0 Å². The zero-order valence-corrected chi connectivity index (χ0v) is 8.39. The first-order valence-electron chi connectivity index (χ1n) is 2.11. The molecule has 1 radical (unpaired) electrons. The first kappa shape index (κ1) is 22.4. The van der Waals surface area contributed by atoms with Gasteiger partial charge in [-0.2, -0.15) is 0 Å². The molecular weight excluding hydrogens is 322 g/mol. The molecule has 0 aliphatic heterocycles. The predicted molar refractivity (Wildman–Crippen MR) is 36.7 cm³/mol. The summed E-state index contributed by atoms with van der Waals surface area (Å²) in [7, 11) is 0. The van der Waals surface area contributed by atoms with Crippen LogP contribution in [-0.2, 0) is 20.4 Å². The monoisotopic (exact) mass is 334 g/mol. The normalized spacial score (nSPS) is 5.45. The summed E-state index contributed by atoms with van der Waals surface area (Å²) < 4.78 is 0. The summed E-state index contributed by atoms with van der Waals surface area (Å²) in [5.41, 5.74) is 0. The quantitative estimate of drug-likeness (QED) is 0.552. The Bertz CT molecular complexity index is 145. The Morgan fingerprint density at radius 1 is 0.818 bits per heavy atom. The van der Waals surface area contributed by atoms with E-state index < -0.39 is 0 Å². The Kier molecular flexibility index (Phi) is 25.0. The van der Waals surface area contributed by atoms with Crippen molar-refractivity contribution in [2.24, 2.45) is 0 Å². The van der Waals surface area contributed by atoms with Gasteiger partial charge in [-0.1, -0.05) is 30.3 Å². The van der Waals surface area contributed by atoms with Crippen molar-refractivity contribution in [3.8, 4) is 5.75 Å². The molecule has 0 aliphatic rings. The first-order chi connectivity index (χ1) is 3.39. The third-order valence-corrected chi connectivity index (χ3v) is 0.743. The summed E-state index contributed by atoms with van der Waals surface area (Å²) in [6.45, 7) is 0. The van der Waals surface area contributed by atoms with E-state index in [1.807, 2.05) is 6.07 Å². The van der Waals surface area contributed by atoms with Gasteiger partial charge in [0.15, 0.2) is 0 Å². The topological polar surface area (TPSA) is 118 Å². The minimum atomic E-state index is 0. The summed E-state index contributed by atoms with van der Waals surface area (Å²) in [5.74, 6) is 0.0718. The zero-order valence-electron chi connectivity index (χ0n) is 5.67. The van der Waals surface area contributed by atoms with Gasteiger partial charge in [-0.3, -0.25) is 0 Å². The van der Waals surface area contributed by atoms with Crippen LogP contribution in [0.25, 0.3) is 0 Å². The fourth-order valence-corrected chi connectivity index (χ4v) is 0.420. The molecule has 0 amide bonds. The van der Waals surface area contributed by atoms with Crippen molar-refractivity contribution in [2.75, 3.05) is 0 Å². The molecule has 1 aromatic rings. The molecule has 1 rings (SSSR count). The Balaban J connectivity index is -0.0000000612. The van der Waals surface area contributed by atoms with Gasteiger partial charge >= 0.3 is 0 Å². The molecule has 0 spiro atoms. The van der Waals surface area contributed by atoms with Gasteiger partial charge < -0.3 is 21.5 Å². The average Bonchev–Trinajstić information content (AvgIpc) is 1.69. The molecule has 0 saturated carbocycles. The fourth-order valence-electron chi connectivity index (χ4n) is 0.420. The molecule has 0 atom stereocenters. The van der Waals surface area contributed by atoms with Gasteiger partial charge in [0.1, 0.15) is 0 Å². The van der Waals surface area contributed by atoms with Gasteiger partial charge in [-0.25, -0.2) is 0 Å². The van der Waals surface area contributed by atoms with Gasteiger partial charge in [0.2, 0.25) is 0 Å². The molecule has 67 valence electrons. The molecule has 0 fully saturated rings. The second-order valence-corrected chi connectivity index (χ2v) is 1.31. The van der Waals surface area contributed by atoms with Crippen molar-refractivity contribution in [1.29, 1.82) is 0 Å². The van der Waals surface area contributed by atoms with Crippen molar-refractivity contribution < 1.29 is 42.0 Å². The van der Waals surface area contributed by atoms with E-state index in [1.165, 1.54) is 12.1 Å². The molecule has 0 saturated heterocycles. The van der Waals surface area contributed by atoms with Crippen LogP contribution in [0.4, 0.5) is 0 Å². The van der Waals surface area contributed by atoms with E-state index in [0.717, 1.165) is 0 Å². The molecule has 4 nitrogen and oxygen atoms in total. The second kappa shape index (κ2) is 12.3. The molecule has 0 aromatic heterocycles. The van der Waals surface area contributed by atoms with Crippen LogP contribution in [-0.4, -0.2) is 16.4 Å². The molecule has 0 bridgehead atoms. The van der Waals surface area contributed by atoms with Crippen LogP contribution in [0, 0.1) is 0 Å². The molecule has 6 N–H and O–H groups in total. The first-order valence-corrected chi connectivity index (χ1v) is 2.11. The fraction of sp³-hybridized carbons (Fsp3) is 0. The van der Waals surface area contributed by atoms with Gasteiger partial charge in [0, 0.05) is 20.4 Å². The molecular formula is C6H11O4Re-. The molecule has 11 heavy (non-hydrogen) atoms. The van der Waals surface area contributed by atoms with Crippen molar-refractivity contribution in [3.05, 3.63) is 30.3 Å². The molecule has 0 heterocycles. The van der Waals surface area contributed by atoms with Crippen LogP contribution in [0.15, 0.2) is 30.3 Å². The van der Waals surface area contributed by atoms with Gasteiger partial charge in [-0.15, -0.1) is 5.75 Å². The molecule has 0 unspecified atom stereocenters. The summed E-state index contributed by atoms with van der Waals surface area (Å²) in [5, 5.41) is 10.3. The van der Waals surface area contributed by atoms with Crippen LogP contribution >= 0.6 is 0 Å². The van der Waals surface area contributed by atoms with E-state index in [1.54, 1.807) is 12.1 Å². The van der Waals surface area contributed by atoms with Crippen LogP contribution in [0.5, 0.6) is 5.75 Å². The van der Waals surface area contributed by atoms with Gasteiger partial charge in [0.25, 0.3) is 0 Å². The summed E-state index contributed by atoms with van der Waals surface area (Å²) in [4.78, 5) is 0. The predicted octanol–water partition coefficient (Wildman–Crippen LogP) is -1.72. The van der Waals surface area contributed by atoms with Crippen LogP contribution in [0.1, 0.15) is 0 Å². The molecule has 1 aromatic carbocycles. The summed E-state index contributed by atoms with van der Waals surface area (Å²) in [6.07, 6.45) is 0. The number of benzene rings is 1. The third kappa shape index (κ3) is 9.56. The van der Waals surface area contributed by atoms with Crippen molar-refractivity contribution in [1.82, 2.24) is 0 Å². The maximum Gasteiger partial charge on any atom is 0 e. The third-order valence-electron chi connectivity index (χ3n) is 0.743. The maximum atomic E-state index is 10.3. The number of para-hydroxylation sites is 1. The zero-order chi connectivity index (χ0) is 5.11. The smallest absolute Gasteiger partial charge is 0 e. The Labute approximate surface area is 78.4 Å². The molecule has 5 heteroatoms. The largest absolute Gasteiger partial charge is 0.872 e. The summed E-state index contributed by atoms with van der Waals surface area (Å²) in [6, 6.07) is 8.33. The second-order valence-electron chi connectivity index (χ2n) is 1.31. The summed E-state index contributed by atoms with van der Waals surface area (Å²) >= 11 is 0. The van der Waals surface area contributed by atoms with E-state index in [9.17, 15) is 5.11 Å². The van der Waals surface area contributed by atoms with Crippen LogP contribution < -0.4 is 5.11 Å². The Morgan fingerprint density at radius 2 is 1.18 bits per heavy atom. The average molecular weight is 333 g/mol. The van der Waals surface area contributed by atoms with E-state index in [2.05, 4.69) is 0 Å². The van der Waals surface area contributed by atoms with Crippen molar-refractivity contribution in [2.45, 2.75) is 0 Å². The van der Waals surface area contributed by atoms with E-state index in [4.69, 9.17) is 0 Å². The number of hydrogen-bond acceptors (Lipinski definition) is 1. The van der Waals surface area contributed by atoms with E-state index >= 15 is 0 Å². The van der Waals surface area contributed by atoms with E-state index in [0.29, 0.717) is 0 Å². The minimum absolute atomic E-state index is 0. The molecule has 0 aliphatic carbocycles. The Hall–Kier alpha value is -0.438. The number of hydrogen-bond donors (Lipinski definition) is 0. The standard InChI is InChI=1S/C6H6O.3H2O.Re/c7-6-4-2-1-3-5-6;;;;/h1-5,7H;3*1H2;/p-1. The minimum Gasteiger partial charge on any atom is -0.872 e. The van der Waals surface area contributed by atoms with Gasteiger partial charge in [0.05, 0.1) is 0 Å². The SMILES string of the molecule is O.O.O.[O-]c1ccccc1.[Re]. The van der Waals surface area contributed by atoms with Crippen LogP contribution in [0.3, 0.4) is 0 Å². The Morgan fingerprint density at radius 3 is 1.36 bits per heavy atom. The van der Waals surface area contributed by atoms with Gasteiger partial charge in [-0.05, 0) is 0 Å². The van der Waals surface area contributed by atoms with E-state index in [-0.39, 0.29) is 42.6 Å². The maximum absolute atomic E-state index is 10.3. The number of rotatable bonds is 0. The van der Waals surface area contributed by atoms with Crippen molar-refractivity contribution >= 4 is 0 Å². The van der Waals surface area contributed by atoms with Crippen LogP contribution in [0.2, 0.25) is 0 Å².